The van der Waals surface area contributed by atoms with E-state index in [1.54, 1.807) is 33.4 Å². The average Bonchev–Trinajstić information content (AvgIpc) is 2.74. The molecule has 0 saturated heterocycles. The summed E-state index contributed by atoms with van der Waals surface area (Å²) in [4.78, 5) is 16.3. The van der Waals surface area contributed by atoms with Gasteiger partial charge in [0.1, 0.15) is 11.5 Å². The van der Waals surface area contributed by atoms with Gasteiger partial charge in [0.15, 0.2) is 5.96 Å². The first-order valence-corrected chi connectivity index (χ1v) is 9.62. The van der Waals surface area contributed by atoms with Crippen LogP contribution in [0.25, 0.3) is 0 Å². The molecule has 0 fully saturated rings. The number of amides is 1. The SMILES string of the molecule is CN=C(NCCNC(=O)c1ccc(Cl)c(Cl)c1)NCc1ccc(OC)cc1OC.I. The van der Waals surface area contributed by atoms with Crippen LogP contribution in [0, 0.1) is 0 Å². The Morgan fingerprint density at radius 3 is 2.33 bits per heavy atom. The van der Waals surface area contributed by atoms with E-state index in [0.717, 1.165) is 17.1 Å². The number of carbonyl (C=O) groups is 1. The van der Waals surface area contributed by atoms with Crippen molar-refractivity contribution in [2.24, 2.45) is 4.99 Å². The maximum absolute atomic E-state index is 12.1. The summed E-state index contributed by atoms with van der Waals surface area (Å²) in [5.41, 5.74) is 1.41. The zero-order valence-corrected chi connectivity index (χ0v) is 20.8. The van der Waals surface area contributed by atoms with Gasteiger partial charge in [-0.05, 0) is 30.3 Å². The first kappa shape index (κ1) is 26.1. The predicted octanol–water partition coefficient (Wildman–Crippen LogP) is 3.72. The Labute approximate surface area is 203 Å². The van der Waals surface area contributed by atoms with E-state index < -0.39 is 0 Å². The molecule has 0 bridgehead atoms. The molecule has 1 amide bonds. The topological polar surface area (TPSA) is 84.0 Å². The summed E-state index contributed by atoms with van der Waals surface area (Å²) in [7, 11) is 4.90. The molecule has 0 atom stereocenters. The monoisotopic (exact) mass is 566 g/mol. The fourth-order valence-corrected chi connectivity index (χ4v) is 2.79. The number of nitrogens with zero attached hydrogens (tertiary/aromatic N) is 1. The summed E-state index contributed by atoms with van der Waals surface area (Å²) in [5, 5.41) is 9.91. The second-order valence-electron chi connectivity index (χ2n) is 5.92. The third kappa shape index (κ3) is 7.73. The minimum absolute atomic E-state index is 0. The number of guanidine groups is 1. The van der Waals surface area contributed by atoms with Crippen LogP contribution in [0.2, 0.25) is 10.0 Å². The highest BCUT2D eigenvalue weighted by atomic mass is 127. The highest BCUT2D eigenvalue weighted by molar-refractivity contribution is 14.0. The fourth-order valence-electron chi connectivity index (χ4n) is 2.49. The van der Waals surface area contributed by atoms with Gasteiger partial charge >= 0.3 is 0 Å². The number of halogens is 3. The van der Waals surface area contributed by atoms with Gasteiger partial charge in [-0.3, -0.25) is 9.79 Å². The third-order valence-corrected chi connectivity index (χ3v) is 4.79. The molecule has 0 spiro atoms. The Kier molecular flexibility index (Phi) is 11.7. The molecule has 0 aliphatic heterocycles. The Morgan fingerprint density at radius 1 is 0.967 bits per heavy atom. The Bertz CT molecular complexity index is 881. The first-order valence-electron chi connectivity index (χ1n) is 8.87. The van der Waals surface area contributed by atoms with Crippen LogP contribution in [-0.4, -0.2) is 46.2 Å². The summed E-state index contributed by atoms with van der Waals surface area (Å²) in [6.45, 7) is 1.42. The molecule has 164 valence electrons. The van der Waals surface area contributed by atoms with Crippen LogP contribution in [-0.2, 0) is 6.54 Å². The third-order valence-electron chi connectivity index (χ3n) is 4.05. The molecule has 0 heterocycles. The maximum atomic E-state index is 12.1. The number of nitrogens with one attached hydrogen (secondary N) is 3. The highest BCUT2D eigenvalue weighted by Gasteiger charge is 2.08. The molecule has 3 N–H and O–H groups in total. The maximum Gasteiger partial charge on any atom is 0.251 e. The number of carbonyl (C=O) groups excluding carboxylic acids is 1. The largest absolute Gasteiger partial charge is 0.497 e. The Morgan fingerprint density at radius 2 is 1.70 bits per heavy atom. The molecular formula is C20H25Cl2IN4O3. The van der Waals surface area contributed by atoms with Gasteiger partial charge in [0.2, 0.25) is 0 Å². The molecule has 10 heteroatoms. The van der Waals surface area contributed by atoms with Crippen molar-refractivity contribution in [2.45, 2.75) is 6.54 Å². The van der Waals surface area contributed by atoms with Crippen molar-refractivity contribution in [1.82, 2.24) is 16.0 Å². The Balaban J connectivity index is 0.00000450. The van der Waals surface area contributed by atoms with Crippen molar-refractivity contribution >= 4 is 59.0 Å². The van der Waals surface area contributed by atoms with Gasteiger partial charge in [-0.2, -0.15) is 0 Å². The second kappa shape index (κ2) is 13.4. The van der Waals surface area contributed by atoms with Gasteiger partial charge in [0.05, 0.1) is 24.3 Å². The highest BCUT2D eigenvalue weighted by Crippen LogP contribution is 2.24. The molecular weight excluding hydrogens is 542 g/mol. The van der Waals surface area contributed by atoms with Gasteiger partial charge in [0, 0.05) is 43.9 Å². The molecule has 0 radical (unpaired) electrons. The number of benzene rings is 2. The number of hydrogen-bond donors (Lipinski definition) is 3. The minimum atomic E-state index is -0.226. The summed E-state index contributed by atoms with van der Waals surface area (Å²) >= 11 is 11.8. The van der Waals surface area contributed by atoms with Gasteiger partial charge in [0.25, 0.3) is 5.91 Å². The Hall–Kier alpha value is -1.91. The van der Waals surface area contributed by atoms with Crippen LogP contribution in [0.4, 0.5) is 0 Å². The molecule has 0 unspecified atom stereocenters. The van der Waals surface area contributed by atoms with E-state index >= 15 is 0 Å². The molecule has 2 aromatic rings. The van der Waals surface area contributed by atoms with Crippen molar-refractivity contribution in [3.8, 4) is 11.5 Å². The van der Waals surface area contributed by atoms with Crippen LogP contribution < -0.4 is 25.4 Å². The molecule has 30 heavy (non-hydrogen) atoms. The fraction of sp³-hybridized carbons (Fsp3) is 0.300. The lowest BCUT2D eigenvalue weighted by atomic mass is 10.2. The molecule has 0 saturated carbocycles. The van der Waals surface area contributed by atoms with Gasteiger partial charge < -0.3 is 25.4 Å². The smallest absolute Gasteiger partial charge is 0.251 e. The standard InChI is InChI=1S/C20H24Cl2N4O3.HI/c1-23-20(26-12-14-4-6-15(28-2)11-18(14)29-3)25-9-8-24-19(27)13-5-7-16(21)17(22)10-13;/h4-7,10-11H,8-9,12H2,1-3H3,(H,24,27)(H2,23,25,26);1H. The van der Waals surface area contributed by atoms with Crippen molar-refractivity contribution < 1.29 is 14.3 Å². The molecule has 7 nitrogen and oxygen atoms in total. The van der Waals surface area contributed by atoms with E-state index in [1.165, 1.54) is 6.07 Å². The number of ether oxygens (including phenoxy) is 2. The average molecular weight is 567 g/mol. The van der Waals surface area contributed by atoms with E-state index in [2.05, 4.69) is 20.9 Å². The van der Waals surface area contributed by atoms with Gasteiger partial charge in [-0.25, -0.2) is 0 Å². The normalized spacial score (nSPS) is 10.6. The lowest BCUT2D eigenvalue weighted by molar-refractivity contribution is 0.0954. The number of rotatable bonds is 8. The van der Waals surface area contributed by atoms with Gasteiger partial charge in [-0.15, -0.1) is 24.0 Å². The molecule has 0 aliphatic rings. The van der Waals surface area contributed by atoms with E-state index in [4.69, 9.17) is 32.7 Å². The van der Waals surface area contributed by atoms with Crippen LogP contribution in [0.3, 0.4) is 0 Å². The summed E-state index contributed by atoms with van der Waals surface area (Å²) in [6, 6.07) is 10.4. The first-order chi connectivity index (χ1) is 14.0. The summed E-state index contributed by atoms with van der Waals surface area (Å²) in [6.07, 6.45) is 0. The molecule has 2 rings (SSSR count). The summed E-state index contributed by atoms with van der Waals surface area (Å²) < 4.78 is 10.6. The van der Waals surface area contributed by atoms with E-state index in [1.807, 2.05) is 18.2 Å². The quantitative estimate of drug-likeness (QED) is 0.196. The summed E-state index contributed by atoms with van der Waals surface area (Å²) in [5.74, 6) is 1.83. The van der Waals surface area contributed by atoms with Crippen LogP contribution in [0.15, 0.2) is 41.4 Å². The lowest BCUT2D eigenvalue weighted by Gasteiger charge is -2.14. The molecule has 2 aromatic carbocycles. The van der Waals surface area contributed by atoms with Gasteiger partial charge in [-0.1, -0.05) is 23.2 Å². The number of methoxy groups -OCH3 is 2. The van der Waals surface area contributed by atoms with Crippen LogP contribution in [0.1, 0.15) is 15.9 Å². The zero-order chi connectivity index (χ0) is 21.2. The number of aliphatic imine (C=N–C) groups is 1. The van der Waals surface area contributed by atoms with Crippen molar-refractivity contribution in [1.29, 1.82) is 0 Å². The van der Waals surface area contributed by atoms with Crippen LogP contribution in [0.5, 0.6) is 11.5 Å². The number of hydrogen-bond acceptors (Lipinski definition) is 4. The predicted molar refractivity (Wildman–Crippen MR) is 132 cm³/mol. The molecule has 0 aromatic heterocycles. The van der Waals surface area contributed by atoms with Crippen molar-refractivity contribution in [2.75, 3.05) is 34.4 Å². The van der Waals surface area contributed by atoms with Crippen molar-refractivity contribution in [3.63, 3.8) is 0 Å². The second-order valence-corrected chi connectivity index (χ2v) is 6.73. The zero-order valence-electron chi connectivity index (χ0n) is 16.9. The lowest BCUT2D eigenvalue weighted by Crippen LogP contribution is -2.41. The van der Waals surface area contributed by atoms with Crippen LogP contribution >= 0.6 is 47.2 Å². The van der Waals surface area contributed by atoms with E-state index in [0.29, 0.717) is 41.2 Å². The van der Waals surface area contributed by atoms with E-state index in [-0.39, 0.29) is 29.9 Å². The van der Waals surface area contributed by atoms with E-state index in [9.17, 15) is 4.79 Å². The minimum Gasteiger partial charge on any atom is -0.497 e. The van der Waals surface area contributed by atoms with Crippen molar-refractivity contribution in [3.05, 3.63) is 57.6 Å². The molecule has 0 aliphatic carbocycles.